The molecule has 0 aromatic carbocycles. The molecule has 0 spiro atoms. The van der Waals surface area contributed by atoms with Crippen molar-refractivity contribution < 1.29 is 23.0 Å². The second kappa shape index (κ2) is 4.04. The van der Waals surface area contributed by atoms with Gasteiger partial charge in [0.25, 0.3) is 0 Å². The van der Waals surface area contributed by atoms with Crippen molar-refractivity contribution >= 4 is 15.9 Å². The van der Waals surface area contributed by atoms with Gasteiger partial charge in [0.05, 0.1) is 11.9 Å². The van der Waals surface area contributed by atoms with E-state index in [1.165, 1.54) is 0 Å². The van der Waals surface area contributed by atoms with Gasteiger partial charge >= 0.3 is 6.36 Å². The van der Waals surface area contributed by atoms with E-state index in [0.29, 0.717) is 0 Å². The highest BCUT2D eigenvalue weighted by Crippen LogP contribution is 2.27. The van der Waals surface area contributed by atoms with Gasteiger partial charge in [-0.1, -0.05) is 15.9 Å². The summed E-state index contributed by atoms with van der Waals surface area (Å²) in [4.78, 5) is 3.56. The first kappa shape index (κ1) is 11.1. The van der Waals surface area contributed by atoms with Gasteiger partial charge in [0, 0.05) is 11.4 Å². The fraction of sp³-hybridized carbons (Fsp3) is 0.286. The van der Waals surface area contributed by atoms with Crippen LogP contribution in [0.4, 0.5) is 13.2 Å². The summed E-state index contributed by atoms with van der Waals surface area (Å²) in [6.07, 6.45) is -3.88. The van der Waals surface area contributed by atoms with Crippen LogP contribution in [0.1, 0.15) is 5.69 Å². The Hall–Kier alpha value is -0.980. The summed E-state index contributed by atoms with van der Waals surface area (Å²) >= 11 is 3.01. The van der Waals surface area contributed by atoms with E-state index in [2.05, 4.69) is 25.7 Å². The first-order valence-corrected chi connectivity index (χ1v) is 4.54. The highest BCUT2D eigenvalue weighted by Gasteiger charge is 2.31. The van der Waals surface area contributed by atoms with Crippen molar-refractivity contribution in [1.82, 2.24) is 4.98 Å². The van der Waals surface area contributed by atoms with Crippen LogP contribution in [0, 0.1) is 0 Å². The fourth-order valence-corrected chi connectivity index (χ4v) is 1.19. The molecule has 7 heteroatoms. The number of hydrogen-bond acceptors (Lipinski definition) is 3. The van der Waals surface area contributed by atoms with Crippen LogP contribution >= 0.6 is 15.9 Å². The minimum absolute atomic E-state index is 0.250. The highest BCUT2D eigenvalue weighted by molar-refractivity contribution is 9.08. The molecule has 1 N–H and O–H groups in total. The predicted molar refractivity (Wildman–Crippen MR) is 45.2 cm³/mol. The van der Waals surface area contributed by atoms with Crippen molar-refractivity contribution in [3.8, 4) is 11.5 Å². The van der Waals surface area contributed by atoms with Crippen molar-refractivity contribution in [3.05, 3.63) is 18.0 Å². The minimum Gasteiger partial charge on any atom is -0.506 e. The molecule has 0 fully saturated rings. The molecule has 1 aromatic rings. The summed E-state index contributed by atoms with van der Waals surface area (Å²) in [7, 11) is 0. The smallest absolute Gasteiger partial charge is 0.506 e. The van der Waals surface area contributed by atoms with Gasteiger partial charge in [-0.3, -0.25) is 4.98 Å². The van der Waals surface area contributed by atoms with E-state index < -0.39 is 12.1 Å². The SMILES string of the molecule is Oc1cc(OC(F)(F)F)cnc1CBr. The van der Waals surface area contributed by atoms with Gasteiger partial charge in [-0.2, -0.15) is 0 Å². The number of aromatic nitrogens is 1. The lowest BCUT2D eigenvalue weighted by atomic mass is 10.3. The lowest BCUT2D eigenvalue weighted by Gasteiger charge is -2.09. The third-order valence-electron chi connectivity index (χ3n) is 1.28. The van der Waals surface area contributed by atoms with Crippen LogP contribution in [0.15, 0.2) is 12.3 Å². The molecule has 0 bridgehead atoms. The summed E-state index contributed by atoms with van der Waals surface area (Å²) in [5.41, 5.74) is 0.250. The number of pyridine rings is 1. The lowest BCUT2D eigenvalue weighted by Crippen LogP contribution is -2.17. The van der Waals surface area contributed by atoms with Crippen LogP contribution in [0.2, 0.25) is 0 Å². The molecule has 3 nitrogen and oxygen atoms in total. The molecule has 0 unspecified atom stereocenters. The third kappa shape index (κ3) is 3.06. The average molecular weight is 272 g/mol. The van der Waals surface area contributed by atoms with Crippen LogP contribution in [-0.4, -0.2) is 16.5 Å². The zero-order valence-corrected chi connectivity index (χ0v) is 8.26. The maximum Gasteiger partial charge on any atom is 0.573 e. The van der Waals surface area contributed by atoms with Crippen LogP contribution in [0.25, 0.3) is 0 Å². The summed E-state index contributed by atoms with van der Waals surface area (Å²) in [5.74, 6) is -0.886. The fourth-order valence-electron chi connectivity index (χ4n) is 0.755. The predicted octanol–water partition coefficient (Wildman–Crippen LogP) is 2.58. The Morgan fingerprint density at radius 3 is 2.57 bits per heavy atom. The molecule has 0 amide bonds. The number of aromatic hydroxyl groups is 1. The molecule has 1 rings (SSSR count). The lowest BCUT2D eigenvalue weighted by molar-refractivity contribution is -0.274. The van der Waals surface area contributed by atoms with Crippen molar-refractivity contribution in [2.24, 2.45) is 0 Å². The molecule has 78 valence electrons. The Bertz CT molecular complexity index is 329. The summed E-state index contributed by atoms with van der Waals surface area (Å²) < 4.78 is 38.7. The maximum atomic E-state index is 11.7. The average Bonchev–Trinajstić information content (AvgIpc) is 2.01. The van der Waals surface area contributed by atoms with E-state index in [1.807, 2.05) is 0 Å². The van der Waals surface area contributed by atoms with Crippen LogP contribution in [0.3, 0.4) is 0 Å². The third-order valence-corrected chi connectivity index (χ3v) is 1.81. The van der Waals surface area contributed by atoms with E-state index >= 15 is 0 Å². The quantitative estimate of drug-likeness (QED) is 0.841. The number of alkyl halides is 4. The molecule has 0 aliphatic rings. The molecular formula is C7H5BrF3NO2. The standard InChI is InChI=1S/C7H5BrF3NO2/c8-2-5-6(13)1-4(3-12-5)14-7(9,10)11/h1,3,13H,2H2. The Morgan fingerprint density at radius 2 is 2.14 bits per heavy atom. The minimum atomic E-state index is -4.77. The molecule has 14 heavy (non-hydrogen) atoms. The highest BCUT2D eigenvalue weighted by atomic mass is 79.9. The molecule has 0 saturated heterocycles. The van der Waals surface area contributed by atoms with Gasteiger partial charge in [0.2, 0.25) is 0 Å². The monoisotopic (exact) mass is 271 g/mol. The number of ether oxygens (including phenoxy) is 1. The first-order chi connectivity index (χ1) is 6.42. The number of rotatable bonds is 2. The first-order valence-electron chi connectivity index (χ1n) is 3.42. The van der Waals surface area contributed by atoms with Crippen LogP contribution in [-0.2, 0) is 5.33 Å². The summed E-state index contributed by atoms with van der Waals surface area (Å²) in [5, 5.41) is 9.40. The molecule has 1 heterocycles. The number of hydrogen-bond donors (Lipinski definition) is 1. The van der Waals surface area contributed by atoms with Crippen LogP contribution in [0.5, 0.6) is 11.5 Å². The zero-order valence-electron chi connectivity index (χ0n) is 6.68. The van der Waals surface area contributed by atoms with Crippen LogP contribution < -0.4 is 4.74 Å². The number of halogens is 4. The Balaban J connectivity index is 2.87. The van der Waals surface area contributed by atoms with Crippen molar-refractivity contribution in [1.29, 1.82) is 0 Å². The maximum absolute atomic E-state index is 11.7. The molecule has 0 aliphatic carbocycles. The Labute approximate surface area is 85.7 Å². The van der Waals surface area contributed by atoms with E-state index in [-0.39, 0.29) is 16.8 Å². The largest absolute Gasteiger partial charge is 0.573 e. The normalized spacial score (nSPS) is 11.4. The molecular weight excluding hydrogens is 267 g/mol. The van der Waals surface area contributed by atoms with Gasteiger partial charge in [0.1, 0.15) is 5.75 Å². The second-order valence-electron chi connectivity index (χ2n) is 2.32. The van der Waals surface area contributed by atoms with Crippen molar-refractivity contribution in [3.63, 3.8) is 0 Å². The van der Waals surface area contributed by atoms with Gasteiger partial charge in [-0.05, 0) is 0 Å². The Morgan fingerprint density at radius 1 is 1.50 bits per heavy atom. The molecule has 0 aliphatic heterocycles. The van der Waals surface area contributed by atoms with Crippen molar-refractivity contribution in [2.45, 2.75) is 11.7 Å². The van der Waals surface area contributed by atoms with Crippen molar-refractivity contribution in [2.75, 3.05) is 0 Å². The molecule has 1 aromatic heterocycles. The van der Waals surface area contributed by atoms with E-state index in [9.17, 15) is 13.2 Å². The Kier molecular flexibility index (Phi) is 3.20. The van der Waals surface area contributed by atoms with E-state index in [4.69, 9.17) is 5.11 Å². The second-order valence-corrected chi connectivity index (χ2v) is 2.88. The molecule has 0 radical (unpaired) electrons. The number of nitrogens with zero attached hydrogens (tertiary/aromatic N) is 1. The molecule has 0 saturated carbocycles. The molecule has 0 atom stereocenters. The summed E-state index contributed by atoms with van der Waals surface area (Å²) in [6, 6.07) is 0.858. The summed E-state index contributed by atoms with van der Waals surface area (Å²) in [6.45, 7) is 0. The van der Waals surface area contributed by atoms with Gasteiger partial charge in [-0.25, -0.2) is 0 Å². The van der Waals surface area contributed by atoms with E-state index in [0.717, 1.165) is 12.3 Å². The van der Waals surface area contributed by atoms with E-state index in [1.54, 1.807) is 0 Å². The van der Waals surface area contributed by atoms with Gasteiger partial charge < -0.3 is 9.84 Å². The zero-order chi connectivity index (χ0) is 10.8. The topological polar surface area (TPSA) is 42.4 Å². The van der Waals surface area contributed by atoms with Gasteiger partial charge in [0.15, 0.2) is 5.75 Å². The van der Waals surface area contributed by atoms with Gasteiger partial charge in [-0.15, -0.1) is 13.2 Å².